The van der Waals surface area contributed by atoms with E-state index in [4.69, 9.17) is 11.6 Å². The number of amides is 1. The lowest BCUT2D eigenvalue weighted by molar-refractivity contribution is -0.137. The number of benzene rings is 1. The van der Waals surface area contributed by atoms with Crippen LogP contribution < -0.4 is 10.2 Å². The zero-order valence-electron chi connectivity index (χ0n) is 22.2. The lowest BCUT2D eigenvalue weighted by Crippen LogP contribution is -2.45. The number of aromatic nitrogens is 1. The molecule has 0 saturated carbocycles. The summed E-state index contributed by atoms with van der Waals surface area (Å²) in [6.07, 6.45) is -3.63. The molecule has 7 nitrogen and oxygen atoms in total. The van der Waals surface area contributed by atoms with Crippen LogP contribution in [0, 0.1) is 0 Å². The van der Waals surface area contributed by atoms with Crippen LogP contribution in [0.2, 0.25) is 4.34 Å². The Hall–Kier alpha value is -2.81. The Morgan fingerprint density at radius 1 is 1.17 bits per heavy atom. The highest BCUT2D eigenvalue weighted by Crippen LogP contribution is 2.38. The number of hydrogen-bond donors (Lipinski definition) is 1. The second-order valence-corrected chi connectivity index (χ2v) is 14.2. The molecule has 1 amide bonds. The molecule has 0 aliphatic carbocycles. The number of halogens is 6. The molecule has 2 aliphatic rings. The van der Waals surface area contributed by atoms with Crippen molar-refractivity contribution >= 4 is 44.7 Å². The molecule has 5 rings (SSSR count). The number of pyridine rings is 1. The third-order valence-corrected chi connectivity index (χ3v) is 10.9. The highest BCUT2D eigenvalue weighted by atomic mass is 35.5. The van der Waals surface area contributed by atoms with Gasteiger partial charge in [0.2, 0.25) is 5.91 Å². The molecule has 2 fully saturated rings. The Kier molecular flexibility index (Phi) is 8.29. The van der Waals surface area contributed by atoms with Gasteiger partial charge in [0.1, 0.15) is 16.1 Å². The van der Waals surface area contributed by atoms with Crippen LogP contribution in [-0.4, -0.2) is 54.7 Å². The van der Waals surface area contributed by atoms with Gasteiger partial charge in [-0.15, -0.1) is 11.3 Å². The van der Waals surface area contributed by atoms with E-state index in [1.54, 1.807) is 12.1 Å². The SMILES string of the molecule is CC1CCCN1c1cc(CNC(=O)C2CC(F)(F)CN2S(=O)(=O)c2ccc(Cl)s2)cc(-c2ccc(C(F)(F)F)cc2)n1. The van der Waals surface area contributed by atoms with Gasteiger partial charge in [-0.3, -0.25) is 4.79 Å². The third kappa shape index (κ3) is 6.41. The second-order valence-electron chi connectivity index (χ2n) is 10.4. The van der Waals surface area contributed by atoms with Gasteiger partial charge >= 0.3 is 6.18 Å². The number of thiophene rings is 1. The van der Waals surface area contributed by atoms with E-state index in [9.17, 15) is 35.2 Å². The molecular weight excluding hydrogens is 623 g/mol. The largest absolute Gasteiger partial charge is 0.416 e. The van der Waals surface area contributed by atoms with Crippen LogP contribution in [0.3, 0.4) is 0 Å². The number of rotatable bonds is 7. The van der Waals surface area contributed by atoms with Crippen LogP contribution in [0.15, 0.2) is 52.7 Å². The van der Waals surface area contributed by atoms with E-state index in [1.165, 1.54) is 24.3 Å². The highest BCUT2D eigenvalue weighted by Gasteiger charge is 2.53. The van der Waals surface area contributed by atoms with Crippen molar-refractivity contribution in [2.24, 2.45) is 0 Å². The van der Waals surface area contributed by atoms with Gasteiger partial charge in [0.25, 0.3) is 15.9 Å². The maximum atomic E-state index is 14.4. The van der Waals surface area contributed by atoms with Gasteiger partial charge in [-0.25, -0.2) is 22.2 Å². The molecule has 1 aromatic carbocycles. The summed E-state index contributed by atoms with van der Waals surface area (Å²) < 4.78 is 94.8. The standard InChI is InChI=1S/C27H26ClF5N4O3S2/c1-16-3-2-10-36(16)23-12-17(11-20(35-23)18-4-6-19(7-5-18)27(31,32)33)14-34-25(38)21-13-26(29,30)15-37(21)42(39,40)24-9-8-22(28)41-24/h4-9,11-12,16,21H,2-3,10,13-15H2,1H3,(H,34,38). The fraction of sp³-hybridized carbons (Fsp3) is 0.407. The van der Waals surface area contributed by atoms with Crippen molar-refractivity contribution in [3.05, 3.63) is 64.0 Å². The number of carbonyl (C=O) groups is 1. The predicted molar refractivity (Wildman–Crippen MR) is 149 cm³/mol. The summed E-state index contributed by atoms with van der Waals surface area (Å²) in [5.41, 5.74) is 0.509. The molecule has 2 saturated heterocycles. The van der Waals surface area contributed by atoms with E-state index in [0.717, 1.165) is 25.0 Å². The van der Waals surface area contributed by atoms with E-state index in [-0.39, 0.29) is 21.1 Å². The quantitative estimate of drug-likeness (QED) is 0.309. The summed E-state index contributed by atoms with van der Waals surface area (Å²) in [5, 5.41) is 2.58. The van der Waals surface area contributed by atoms with Crippen LogP contribution in [0.1, 0.15) is 37.3 Å². The molecule has 0 spiro atoms. The van der Waals surface area contributed by atoms with Crippen LogP contribution in [0.4, 0.5) is 27.8 Å². The predicted octanol–water partition coefficient (Wildman–Crippen LogP) is 6.19. The molecule has 2 unspecified atom stereocenters. The Morgan fingerprint density at radius 3 is 2.48 bits per heavy atom. The summed E-state index contributed by atoms with van der Waals surface area (Å²) in [6, 6.07) is 8.90. The molecule has 2 aromatic heterocycles. The van der Waals surface area contributed by atoms with Gasteiger partial charge in [0, 0.05) is 31.1 Å². The molecule has 226 valence electrons. The lowest BCUT2D eigenvalue weighted by Gasteiger charge is -2.24. The van der Waals surface area contributed by atoms with Crippen molar-refractivity contribution in [1.82, 2.24) is 14.6 Å². The van der Waals surface area contributed by atoms with E-state index in [1.807, 2.05) is 6.92 Å². The molecule has 15 heteroatoms. The summed E-state index contributed by atoms with van der Waals surface area (Å²) in [4.78, 5) is 19.9. The van der Waals surface area contributed by atoms with Crippen molar-refractivity contribution < 1.29 is 35.2 Å². The maximum Gasteiger partial charge on any atom is 0.416 e. The Labute approximate surface area is 248 Å². The molecule has 2 aliphatic heterocycles. The Bertz CT molecular complexity index is 1580. The molecule has 4 heterocycles. The number of alkyl halides is 5. The minimum atomic E-state index is -4.50. The normalized spacial score (nSPS) is 21.2. The monoisotopic (exact) mass is 648 g/mol. The number of sulfonamides is 1. The van der Waals surface area contributed by atoms with Crippen molar-refractivity contribution in [2.75, 3.05) is 18.0 Å². The molecule has 0 radical (unpaired) electrons. The third-order valence-electron chi connectivity index (χ3n) is 7.33. The van der Waals surface area contributed by atoms with Crippen LogP contribution in [0.5, 0.6) is 0 Å². The van der Waals surface area contributed by atoms with Crippen LogP contribution >= 0.6 is 22.9 Å². The summed E-state index contributed by atoms with van der Waals surface area (Å²) in [7, 11) is -4.42. The smallest absolute Gasteiger partial charge is 0.354 e. The van der Waals surface area contributed by atoms with E-state index in [2.05, 4.69) is 15.2 Å². The van der Waals surface area contributed by atoms with Crippen molar-refractivity contribution in [1.29, 1.82) is 0 Å². The van der Waals surface area contributed by atoms with Gasteiger partial charge in [-0.1, -0.05) is 23.7 Å². The number of nitrogens with one attached hydrogen (secondary N) is 1. The summed E-state index contributed by atoms with van der Waals surface area (Å²) in [6.45, 7) is 1.45. The van der Waals surface area contributed by atoms with E-state index in [0.29, 0.717) is 44.8 Å². The maximum absolute atomic E-state index is 14.4. The molecule has 1 N–H and O–H groups in total. The number of anilines is 1. The van der Waals surface area contributed by atoms with Gasteiger partial charge in [0.15, 0.2) is 0 Å². The van der Waals surface area contributed by atoms with Gasteiger partial charge < -0.3 is 10.2 Å². The van der Waals surface area contributed by atoms with E-state index >= 15 is 0 Å². The summed E-state index contributed by atoms with van der Waals surface area (Å²) >= 11 is 6.55. The molecular formula is C27H26ClF5N4O3S2. The lowest BCUT2D eigenvalue weighted by atomic mass is 10.1. The molecule has 42 heavy (non-hydrogen) atoms. The number of nitrogens with zero attached hydrogens (tertiary/aromatic N) is 3. The minimum absolute atomic E-state index is 0.148. The van der Waals surface area contributed by atoms with E-state index < -0.39 is 52.6 Å². The number of hydrogen-bond acceptors (Lipinski definition) is 6. The highest BCUT2D eigenvalue weighted by molar-refractivity contribution is 7.91. The number of carbonyl (C=O) groups excluding carboxylic acids is 1. The summed E-state index contributed by atoms with van der Waals surface area (Å²) in [5.74, 6) is -3.75. The Morgan fingerprint density at radius 2 is 1.88 bits per heavy atom. The fourth-order valence-electron chi connectivity index (χ4n) is 5.19. The van der Waals surface area contributed by atoms with Gasteiger partial charge in [-0.2, -0.15) is 17.5 Å². The first kappa shape index (κ1) is 30.6. The fourth-order valence-corrected chi connectivity index (χ4v) is 8.42. The first-order valence-electron chi connectivity index (χ1n) is 13.0. The zero-order chi connectivity index (χ0) is 30.4. The average Bonchev–Trinajstić information content (AvgIpc) is 3.65. The molecule has 0 bridgehead atoms. The second kappa shape index (κ2) is 11.4. The topological polar surface area (TPSA) is 82.6 Å². The average molecular weight is 649 g/mol. The molecule has 2 atom stereocenters. The first-order chi connectivity index (χ1) is 19.6. The van der Waals surface area contributed by atoms with Crippen molar-refractivity contribution in [3.63, 3.8) is 0 Å². The first-order valence-corrected chi connectivity index (χ1v) is 15.7. The van der Waals surface area contributed by atoms with Crippen LogP contribution in [0.25, 0.3) is 11.3 Å². The Balaban J connectivity index is 1.41. The van der Waals surface area contributed by atoms with Crippen molar-refractivity contribution in [2.45, 2.75) is 61.1 Å². The van der Waals surface area contributed by atoms with Gasteiger partial charge in [-0.05, 0) is 61.7 Å². The minimum Gasteiger partial charge on any atom is -0.354 e. The van der Waals surface area contributed by atoms with Crippen molar-refractivity contribution in [3.8, 4) is 11.3 Å². The van der Waals surface area contributed by atoms with Gasteiger partial charge in [0.05, 0.1) is 22.1 Å². The zero-order valence-corrected chi connectivity index (χ0v) is 24.6. The molecule has 3 aromatic rings. The van der Waals surface area contributed by atoms with Crippen LogP contribution in [-0.2, 0) is 27.5 Å².